The van der Waals surface area contributed by atoms with Gasteiger partial charge >= 0.3 is 0 Å². The molecule has 0 atom stereocenters. The number of fused-ring (bicyclic) bond motifs is 1. The van der Waals surface area contributed by atoms with Gasteiger partial charge in [-0.2, -0.15) is 4.31 Å². The molecule has 0 radical (unpaired) electrons. The molecule has 33 heavy (non-hydrogen) atoms. The van der Waals surface area contributed by atoms with Crippen LogP contribution in [0.5, 0.6) is 0 Å². The predicted molar refractivity (Wildman–Crippen MR) is 129 cm³/mol. The van der Waals surface area contributed by atoms with Crippen molar-refractivity contribution < 1.29 is 8.42 Å². The van der Waals surface area contributed by atoms with Crippen LogP contribution in [0.2, 0.25) is 0 Å². The number of imidazole rings is 1. The van der Waals surface area contributed by atoms with E-state index in [1.165, 1.54) is 11.8 Å². The monoisotopic (exact) mass is 482 g/mol. The fourth-order valence-corrected chi connectivity index (χ4v) is 6.47. The van der Waals surface area contributed by atoms with Crippen LogP contribution in [0.25, 0.3) is 16.7 Å². The molecular weight excluding hydrogens is 456 g/mol. The number of hydrogen-bond donors (Lipinski definition) is 0. The Bertz CT molecular complexity index is 1360. The molecule has 1 aliphatic heterocycles. The van der Waals surface area contributed by atoms with Gasteiger partial charge in [-0.05, 0) is 50.1 Å². The van der Waals surface area contributed by atoms with Gasteiger partial charge in [0.25, 0.3) is 0 Å². The zero-order valence-electron chi connectivity index (χ0n) is 18.5. The summed E-state index contributed by atoms with van der Waals surface area (Å²) in [6.07, 6.45) is 4.63. The maximum absolute atomic E-state index is 13.1. The molecule has 1 saturated heterocycles. The lowest BCUT2D eigenvalue weighted by molar-refractivity contribution is 0.346. The molecule has 5 rings (SSSR count). The average Bonchev–Trinajstić information content (AvgIpc) is 3.47. The van der Waals surface area contributed by atoms with E-state index in [1.54, 1.807) is 27.4 Å². The minimum atomic E-state index is -3.49. The second-order valence-electron chi connectivity index (χ2n) is 7.98. The Morgan fingerprint density at radius 3 is 2.58 bits per heavy atom. The topological polar surface area (TPSA) is 85.9 Å². The smallest absolute Gasteiger partial charge is 0.243 e. The normalized spacial score (nSPS) is 15.3. The largest absolute Gasteiger partial charge is 0.328 e. The minimum Gasteiger partial charge on any atom is -0.328 e. The first-order valence-electron chi connectivity index (χ1n) is 11.2. The van der Waals surface area contributed by atoms with Crippen LogP contribution in [0.15, 0.2) is 64.9 Å². The summed E-state index contributed by atoms with van der Waals surface area (Å²) in [5.41, 5.74) is 2.60. The Balaban J connectivity index is 1.38. The molecule has 10 heteroatoms. The van der Waals surface area contributed by atoms with Crippen LogP contribution < -0.4 is 0 Å². The van der Waals surface area contributed by atoms with Gasteiger partial charge in [-0.1, -0.05) is 36.4 Å². The summed E-state index contributed by atoms with van der Waals surface area (Å²) in [7, 11) is -3.49. The zero-order valence-corrected chi connectivity index (χ0v) is 20.1. The molecule has 0 unspecified atom stereocenters. The molecule has 0 saturated carbocycles. The summed E-state index contributed by atoms with van der Waals surface area (Å²) >= 11 is 1.51. The molecule has 0 N–H and O–H groups in total. The minimum absolute atomic E-state index is 0.320. The molecule has 8 nitrogen and oxygen atoms in total. The van der Waals surface area contributed by atoms with Gasteiger partial charge in [0.2, 0.25) is 15.2 Å². The number of thioether (sulfide) groups is 1. The number of piperidine rings is 1. The zero-order chi connectivity index (χ0) is 22.8. The lowest BCUT2D eigenvalue weighted by Gasteiger charge is -2.25. The van der Waals surface area contributed by atoms with Crippen molar-refractivity contribution in [1.82, 2.24) is 28.6 Å². The van der Waals surface area contributed by atoms with Crippen LogP contribution in [0, 0.1) is 0 Å². The number of hydrogen-bond acceptors (Lipinski definition) is 6. The molecule has 0 amide bonds. The molecule has 0 spiro atoms. The number of sulfonamides is 1. The van der Waals surface area contributed by atoms with E-state index in [0.29, 0.717) is 34.4 Å². The van der Waals surface area contributed by atoms with Gasteiger partial charge in [0.15, 0.2) is 0 Å². The highest BCUT2D eigenvalue weighted by Crippen LogP contribution is 2.27. The van der Waals surface area contributed by atoms with Crippen LogP contribution >= 0.6 is 11.8 Å². The quantitative estimate of drug-likeness (QED) is 0.369. The maximum atomic E-state index is 13.1. The van der Waals surface area contributed by atoms with E-state index in [0.717, 1.165) is 42.8 Å². The number of rotatable bonds is 7. The number of aryl methyl sites for hydroxylation is 1. The third-order valence-electron chi connectivity index (χ3n) is 5.89. The first-order valence-corrected chi connectivity index (χ1v) is 13.6. The summed E-state index contributed by atoms with van der Waals surface area (Å²) in [6.45, 7) is 4.00. The second-order valence-corrected chi connectivity index (χ2v) is 10.9. The van der Waals surface area contributed by atoms with E-state index in [1.807, 2.05) is 36.4 Å². The highest BCUT2D eigenvalue weighted by molar-refractivity contribution is 7.98. The van der Waals surface area contributed by atoms with Crippen molar-refractivity contribution >= 4 is 32.8 Å². The van der Waals surface area contributed by atoms with Crippen molar-refractivity contribution in [2.75, 3.05) is 13.1 Å². The van der Waals surface area contributed by atoms with Crippen LogP contribution in [0.3, 0.4) is 0 Å². The Hall–Kier alpha value is -2.69. The average molecular weight is 483 g/mol. The number of para-hydroxylation sites is 1. The van der Waals surface area contributed by atoms with Gasteiger partial charge in [0, 0.05) is 19.6 Å². The third-order valence-corrected chi connectivity index (χ3v) is 8.63. The van der Waals surface area contributed by atoms with E-state index in [2.05, 4.69) is 21.6 Å². The van der Waals surface area contributed by atoms with E-state index >= 15 is 0 Å². The maximum Gasteiger partial charge on any atom is 0.243 e. The Labute approximate surface area is 197 Å². The van der Waals surface area contributed by atoms with Gasteiger partial charge in [-0.3, -0.25) is 0 Å². The SMILES string of the molecule is CCn1c(CSc2ncn(-c3ccccc3)n2)nc2cc(S(=O)(=O)N3CCCCC3)ccc21. The molecule has 2 aromatic heterocycles. The fourth-order valence-electron chi connectivity index (χ4n) is 4.19. The van der Waals surface area contributed by atoms with Crippen LogP contribution in [-0.4, -0.2) is 50.1 Å². The van der Waals surface area contributed by atoms with E-state index < -0.39 is 10.0 Å². The standard InChI is InChI=1S/C23H26N6O2S2/c1-2-28-21-12-11-19(33(30,31)27-13-7-4-8-14-27)15-20(21)25-22(28)16-32-23-24-17-29(26-23)18-9-5-3-6-10-18/h3,5-6,9-12,15,17H,2,4,7-8,13-14,16H2,1H3. The van der Waals surface area contributed by atoms with Gasteiger partial charge in [-0.25, -0.2) is 23.1 Å². The molecular formula is C23H26N6O2S2. The summed E-state index contributed by atoms with van der Waals surface area (Å²) in [6, 6.07) is 15.2. The van der Waals surface area contributed by atoms with Gasteiger partial charge in [0.05, 0.1) is 27.4 Å². The second kappa shape index (κ2) is 9.28. The Morgan fingerprint density at radius 1 is 1.03 bits per heavy atom. The first-order chi connectivity index (χ1) is 16.1. The van der Waals surface area contributed by atoms with Gasteiger partial charge < -0.3 is 4.57 Å². The fraction of sp³-hybridized carbons (Fsp3) is 0.348. The summed E-state index contributed by atoms with van der Waals surface area (Å²) in [5.74, 6) is 1.47. The van der Waals surface area contributed by atoms with Crippen molar-refractivity contribution in [3.05, 3.63) is 60.7 Å². The molecule has 3 heterocycles. The summed E-state index contributed by atoms with van der Waals surface area (Å²) in [5, 5.41) is 5.22. The van der Waals surface area contributed by atoms with Crippen LogP contribution in [0.1, 0.15) is 32.0 Å². The highest BCUT2D eigenvalue weighted by Gasteiger charge is 2.26. The number of benzene rings is 2. The summed E-state index contributed by atoms with van der Waals surface area (Å²) < 4.78 is 31.7. The Kier molecular flexibility index (Phi) is 6.22. The van der Waals surface area contributed by atoms with Crippen molar-refractivity contribution in [1.29, 1.82) is 0 Å². The van der Waals surface area contributed by atoms with Crippen LogP contribution in [-0.2, 0) is 22.3 Å². The number of nitrogens with zero attached hydrogens (tertiary/aromatic N) is 6. The Morgan fingerprint density at radius 2 is 1.82 bits per heavy atom. The number of aromatic nitrogens is 5. The van der Waals surface area contributed by atoms with Crippen molar-refractivity contribution in [2.45, 2.75) is 48.5 Å². The van der Waals surface area contributed by atoms with E-state index in [4.69, 9.17) is 4.98 Å². The molecule has 172 valence electrons. The van der Waals surface area contributed by atoms with E-state index in [-0.39, 0.29) is 0 Å². The summed E-state index contributed by atoms with van der Waals surface area (Å²) in [4.78, 5) is 9.51. The molecule has 1 aliphatic rings. The lowest BCUT2D eigenvalue weighted by atomic mass is 10.2. The first kappa shape index (κ1) is 22.1. The van der Waals surface area contributed by atoms with Crippen molar-refractivity contribution in [3.63, 3.8) is 0 Å². The van der Waals surface area contributed by atoms with Crippen LogP contribution in [0.4, 0.5) is 0 Å². The molecule has 0 bridgehead atoms. The molecule has 1 fully saturated rings. The molecule has 4 aromatic rings. The van der Waals surface area contributed by atoms with Crippen molar-refractivity contribution in [2.24, 2.45) is 0 Å². The van der Waals surface area contributed by atoms with E-state index in [9.17, 15) is 8.42 Å². The predicted octanol–water partition coefficient (Wildman–Crippen LogP) is 4.10. The van der Waals surface area contributed by atoms with Crippen molar-refractivity contribution in [3.8, 4) is 5.69 Å². The third kappa shape index (κ3) is 4.42. The lowest BCUT2D eigenvalue weighted by Crippen LogP contribution is -2.35. The van der Waals surface area contributed by atoms with Gasteiger partial charge in [-0.15, -0.1) is 5.10 Å². The molecule has 2 aromatic carbocycles. The van der Waals surface area contributed by atoms with Gasteiger partial charge in [0.1, 0.15) is 12.2 Å². The molecule has 0 aliphatic carbocycles. The highest BCUT2D eigenvalue weighted by atomic mass is 32.2.